The van der Waals surface area contributed by atoms with E-state index in [1.54, 1.807) is 16.7 Å². The van der Waals surface area contributed by atoms with Gasteiger partial charge in [-0.25, -0.2) is 14.5 Å². The molecule has 0 saturated carbocycles. The normalized spacial score (nSPS) is 12.9. The van der Waals surface area contributed by atoms with Gasteiger partial charge in [0.15, 0.2) is 0 Å². The molecule has 34 heavy (non-hydrogen) atoms. The first kappa shape index (κ1) is 21.4. The second-order valence-corrected chi connectivity index (χ2v) is 8.08. The van der Waals surface area contributed by atoms with Crippen molar-refractivity contribution in [2.45, 2.75) is 19.9 Å². The van der Waals surface area contributed by atoms with Crippen LogP contribution in [0.5, 0.6) is 0 Å². The fraction of sp³-hybridized carbons (Fsp3) is 0.154. The average molecular weight is 455 g/mol. The number of amides is 2. The van der Waals surface area contributed by atoms with E-state index >= 15 is 0 Å². The molecule has 0 unspecified atom stereocenters. The molecule has 0 radical (unpaired) electrons. The minimum Gasteiger partial charge on any atom is -0.462 e. The van der Waals surface area contributed by atoms with Gasteiger partial charge in [-0.15, -0.1) is 0 Å². The van der Waals surface area contributed by atoms with Gasteiger partial charge in [-0.2, -0.15) is 0 Å². The number of esters is 1. The highest BCUT2D eigenvalue weighted by molar-refractivity contribution is 6.34. The summed E-state index contributed by atoms with van der Waals surface area (Å²) >= 11 is 0. The molecule has 5 rings (SSSR count). The second-order valence-electron chi connectivity index (χ2n) is 8.08. The molecule has 4 aromatic rings. The number of benzene rings is 3. The molecular weight excluding hydrogens is 434 g/mol. The number of para-hydroxylation sites is 3. The lowest BCUT2D eigenvalue weighted by Gasteiger charge is -2.16. The van der Waals surface area contributed by atoms with Gasteiger partial charge in [0.25, 0.3) is 11.8 Å². The van der Waals surface area contributed by atoms with Crippen LogP contribution in [-0.2, 0) is 11.3 Å². The van der Waals surface area contributed by atoms with Gasteiger partial charge in [-0.1, -0.05) is 30.3 Å². The standard InChI is InChI=1S/C26H21N3O5/c1-16-7-2-4-9-21(16)29-23(30)18-12-11-17(15-19(18)24(29)31)25(32)34-14-6-13-28-22-10-5-3-8-20(22)27-26(28)33/h2-5,7-12,15H,6,13-14H2,1H3,(H,27,33). The third-order valence-corrected chi connectivity index (χ3v) is 5.92. The first-order valence-corrected chi connectivity index (χ1v) is 10.9. The molecule has 1 N–H and O–H groups in total. The maximum Gasteiger partial charge on any atom is 0.338 e. The van der Waals surface area contributed by atoms with Crippen molar-refractivity contribution in [3.05, 3.63) is 99.5 Å². The van der Waals surface area contributed by atoms with E-state index in [1.165, 1.54) is 18.2 Å². The molecule has 2 heterocycles. The third-order valence-electron chi connectivity index (χ3n) is 5.92. The van der Waals surface area contributed by atoms with Gasteiger partial charge < -0.3 is 9.72 Å². The van der Waals surface area contributed by atoms with Gasteiger partial charge in [-0.05, 0) is 55.3 Å². The number of rotatable bonds is 6. The number of aromatic nitrogens is 2. The van der Waals surface area contributed by atoms with Crippen LogP contribution in [0.2, 0.25) is 0 Å². The molecule has 0 saturated heterocycles. The van der Waals surface area contributed by atoms with E-state index in [0.717, 1.165) is 21.5 Å². The molecule has 1 aromatic heterocycles. The van der Waals surface area contributed by atoms with E-state index in [4.69, 9.17) is 4.74 Å². The van der Waals surface area contributed by atoms with E-state index in [0.29, 0.717) is 18.7 Å². The number of aryl methyl sites for hydroxylation is 2. The highest BCUT2D eigenvalue weighted by atomic mass is 16.5. The maximum atomic E-state index is 13.0. The number of carbonyl (C=O) groups is 3. The average Bonchev–Trinajstić information content (AvgIpc) is 3.29. The minimum absolute atomic E-state index is 0.101. The summed E-state index contributed by atoms with van der Waals surface area (Å²) in [4.78, 5) is 54.5. The van der Waals surface area contributed by atoms with Crippen molar-refractivity contribution in [2.75, 3.05) is 11.5 Å². The second kappa shape index (κ2) is 8.47. The maximum absolute atomic E-state index is 13.0. The van der Waals surface area contributed by atoms with Crippen LogP contribution in [0.15, 0.2) is 71.5 Å². The predicted octanol–water partition coefficient (Wildman–Crippen LogP) is 3.69. The molecule has 170 valence electrons. The Morgan fingerprint density at radius 3 is 2.47 bits per heavy atom. The van der Waals surface area contributed by atoms with Crippen molar-refractivity contribution in [3.8, 4) is 0 Å². The lowest BCUT2D eigenvalue weighted by atomic mass is 10.1. The Morgan fingerprint density at radius 1 is 0.912 bits per heavy atom. The predicted molar refractivity (Wildman–Crippen MR) is 126 cm³/mol. The lowest BCUT2D eigenvalue weighted by Crippen LogP contribution is -2.29. The van der Waals surface area contributed by atoms with Gasteiger partial charge >= 0.3 is 11.7 Å². The first-order chi connectivity index (χ1) is 16.5. The fourth-order valence-electron chi connectivity index (χ4n) is 4.20. The summed E-state index contributed by atoms with van der Waals surface area (Å²) in [5, 5.41) is 0. The Morgan fingerprint density at radius 2 is 1.65 bits per heavy atom. The van der Waals surface area contributed by atoms with E-state index in [9.17, 15) is 19.2 Å². The van der Waals surface area contributed by atoms with Gasteiger partial charge in [-0.3, -0.25) is 14.2 Å². The summed E-state index contributed by atoms with van der Waals surface area (Å²) in [6.07, 6.45) is 0.441. The molecule has 3 aromatic carbocycles. The van der Waals surface area contributed by atoms with Crippen LogP contribution in [0.4, 0.5) is 5.69 Å². The van der Waals surface area contributed by atoms with Crippen LogP contribution in [0, 0.1) is 6.92 Å². The Hall–Kier alpha value is -4.46. The van der Waals surface area contributed by atoms with Crippen LogP contribution in [0.25, 0.3) is 11.0 Å². The van der Waals surface area contributed by atoms with Crippen molar-refractivity contribution < 1.29 is 19.1 Å². The highest BCUT2D eigenvalue weighted by Crippen LogP contribution is 2.31. The summed E-state index contributed by atoms with van der Waals surface area (Å²) < 4.78 is 6.96. The van der Waals surface area contributed by atoms with Crippen LogP contribution in [0.3, 0.4) is 0 Å². The summed E-state index contributed by atoms with van der Waals surface area (Å²) in [6, 6.07) is 18.9. The molecule has 0 spiro atoms. The van der Waals surface area contributed by atoms with E-state index in [-0.39, 0.29) is 29.0 Å². The van der Waals surface area contributed by atoms with Gasteiger partial charge in [0.05, 0.1) is 40.0 Å². The fourth-order valence-corrected chi connectivity index (χ4v) is 4.20. The Balaban J connectivity index is 1.26. The number of nitrogens with zero attached hydrogens (tertiary/aromatic N) is 2. The van der Waals surface area contributed by atoms with E-state index < -0.39 is 17.8 Å². The molecule has 2 amide bonds. The molecule has 1 aliphatic heterocycles. The molecule has 8 heteroatoms. The number of ether oxygens (including phenoxy) is 1. The number of carbonyl (C=O) groups excluding carboxylic acids is 3. The van der Waals surface area contributed by atoms with Gasteiger partial charge in [0.2, 0.25) is 0 Å². The minimum atomic E-state index is -0.594. The van der Waals surface area contributed by atoms with Crippen molar-refractivity contribution >= 4 is 34.5 Å². The van der Waals surface area contributed by atoms with Crippen LogP contribution >= 0.6 is 0 Å². The van der Waals surface area contributed by atoms with Crippen molar-refractivity contribution in [3.63, 3.8) is 0 Å². The van der Waals surface area contributed by atoms with Crippen LogP contribution in [-0.4, -0.2) is 33.9 Å². The lowest BCUT2D eigenvalue weighted by molar-refractivity contribution is 0.0496. The number of hydrogen-bond acceptors (Lipinski definition) is 5. The number of fused-ring (bicyclic) bond motifs is 2. The number of H-pyrrole nitrogens is 1. The Labute approximate surface area is 194 Å². The van der Waals surface area contributed by atoms with Crippen molar-refractivity contribution in [1.29, 1.82) is 0 Å². The molecule has 8 nitrogen and oxygen atoms in total. The highest BCUT2D eigenvalue weighted by Gasteiger charge is 2.37. The smallest absolute Gasteiger partial charge is 0.338 e. The zero-order valence-electron chi connectivity index (χ0n) is 18.4. The zero-order valence-corrected chi connectivity index (χ0v) is 18.4. The Bertz CT molecular complexity index is 1510. The molecule has 0 fully saturated rings. The quantitative estimate of drug-likeness (QED) is 0.271. The van der Waals surface area contributed by atoms with Crippen LogP contribution in [0.1, 0.15) is 43.1 Å². The molecule has 0 bridgehead atoms. The molecular formula is C26H21N3O5. The van der Waals surface area contributed by atoms with Crippen LogP contribution < -0.4 is 10.6 Å². The summed E-state index contributed by atoms with van der Waals surface area (Å²) in [7, 11) is 0. The number of aromatic amines is 1. The number of nitrogens with one attached hydrogen (secondary N) is 1. The molecule has 1 aliphatic rings. The number of hydrogen-bond donors (Lipinski definition) is 1. The Kier molecular flexibility index (Phi) is 5.33. The topological polar surface area (TPSA) is 101 Å². The third kappa shape index (κ3) is 3.59. The molecule has 0 atom stereocenters. The summed E-state index contributed by atoms with van der Waals surface area (Å²) in [6.45, 7) is 2.31. The van der Waals surface area contributed by atoms with Crippen molar-refractivity contribution in [1.82, 2.24) is 9.55 Å². The number of anilines is 1. The zero-order chi connectivity index (χ0) is 23.8. The SMILES string of the molecule is Cc1ccccc1N1C(=O)c2ccc(C(=O)OCCCn3c(=O)[nH]c4ccccc43)cc2C1=O. The molecule has 0 aliphatic carbocycles. The van der Waals surface area contributed by atoms with Crippen molar-refractivity contribution in [2.24, 2.45) is 0 Å². The number of imide groups is 1. The first-order valence-electron chi connectivity index (χ1n) is 10.9. The van der Waals surface area contributed by atoms with E-state index in [1.807, 2.05) is 43.3 Å². The summed E-state index contributed by atoms with van der Waals surface area (Å²) in [5.74, 6) is -1.48. The van der Waals surface area contributed by atoms with Gasteiger partial charge in [0.1, 0.15) is 0 Å². The summed E-state index contributed by atoms with van der Waals surface area (Å²) in [5.41, 5.74) is 3.26. The largest absolute Gasteiger partial charge is 0.462 e. The monoisotopic (exact) mass is 455 g/mol. The number of imidazole rings is 1. The van der Waals surface area contributed by atoms with Gasteiger partial charge in [0, 0.05) is 6.54 Å². The van der Waals surface area contributed by atoms with E-state index in [2.05, 4.69) is 4.98 Å².